The molecule has 2 aromatic carbocycles. The van der Waals surface area contributed by atoms with Gasteiger partial charge in [0.15, 0.2) is 0 Å². The van der Waals surface area contributed by atoms with Crippen molar-refractivity contribution in [3.05, 3.63) is 65.5 Å². The van der Waals surface area contributed by atoms with E-state index in [1.807, 2.05) is 50.2 Å². The van der Waals surface area contributed by atoms with E-state index in [4.69, 9.17) is 9.15 Å². The Morgan fingerprint density at radius 3 is 2.56 bits per heavy atom. The molecule has 1 N–H and O–H groups in total. The molecule has 6 nitrogen and oxygen atoms in total. The van der Waals surface area contributed by atoms with Gasteiger partial charge in [0.25, 0.3) is 0 Å². The zero-order chi connectivity index (χ0) is 19.4. The second-order valence-electron chi connectivity index (χ2n) is 6.19. The fraction of sp³-hybridized carbons (Fsp3) is 0.250. The summed E-state index contributed by atoms with van der Waals surface area (Å²) in [6.07, 6.45) is 0.426. The Hall–Kier alpha value is -2.64. The van der Waals surface area contributed by atoms with E-state index >= 15 is 0 Å². The van der Waals surface area contributed by atoms with Crippen molar-refractivity contribution in [2.24, 2.45) is 0 Å². The first-order valence-corrected chi connectivity index (χ1v) is 10.0. The van der Waals surface area contributed by atoms with Gasteiger partial charge in [0, 0.05) is 18.5 Å². The van der Waals surface area contributed by atoms with Gasteiger partial charge in [0.1, 0.15) is 16.4 Å². The number of rotatable bonds is 7. The number of aryl methyl sites for hydroxylation is 2. The predicted molar refractivity (Wildman–Crippen MR) is 103 cm³/mol. The normalized spacial score (nSPS) is 11.5. The molecule has 0 bridgehead atoms. The van der Waals surface area contributed by atoms with Gasteiger partial charge < -0.3 is 9.15 Å². The molecule has 142 valence electrons. The van der Waals surface area contributed by atoms with Crippen LogP contribution in [0.2, 0.25) is 0 Å². The standard InChI is InChI=1S/C20H22N2O4S/c1-14-9-10-18(25-3)19(13-14)27(23,24)21-12-11-17-15(2)26-20(22-17)16-7-5-4-6-8-16/h4-10,13,21H,11-12H2,1-3H3. The molecule has 0 amide bonds. The van der Waals surface area contributed by atoms with E-state index in [0.29, 0.717) is 23.8 Å². The third kappa shape index (κ3) is 4.37. The lowest BCUT2D eigenvalue weighted by Crippen LogP contribution is -2.26. The summed E-state index contributed by atoms with van der Waals surface area (Å²) in [6, 6.07) is 14.6. The third-order valence-corrected chi connectivity index (χ3v) is 5.66. The first kappa shape index (κ1) is 19.1. The molecule has 0 saturated carbocycles. The Bertz CT molecular complexity index is 1030. The number of oxazole rings is 1. The Labute approximate surface area is 159 Å². The smallest absolute Gasteiger partial charge is 0.244 e. The van der Waals surface area contributed by atoms with Crippen LogP contribution in [0.3, 0.4) is 0 Å². The van der Waals surface area contributed by atoms with E-state index in [0.717, 1.165) is 16.8 Å². The first-order chi connectivity index (χ1) is 12.9. The lowest BCUT2D eigenvalue weighted by Gasteiger charge is -2.11. The average Bonchev–Trinajstić information content (AvgIpc) is 3.03. The molecule has 7 heteroatoms. The van der Waals surface area contributed by atoms with Crippen LogP contribution in [0.25, 0.3) is 11.5 Å². The van der Waals surface area contributed by atoms with E-state index in [1.54, 1.807) is 12.1 Å². The summed E-state index contributed by atoms with van der Waals surface area (Å²) in [5.74, 6) is 1.53. The molecule has 0 fully saturated rings. The number of methoxy groups -OCH3 is 1. The number of benzene rings is 2. The van der Waals surface area contributed by atoms with Crippen LogP contribution in [0.1, 0.15) is 17.0 Å². The molecular formula is C20H22N2O4S. The molecular weight excluding hydrogens is 364 g/mol. The Morgan fingerprint density at radius 2 is 1.85 bits per heavy atom. The van der Waals surface area contributed by atoms with E-state index < -0.39 is 10.0 Å². The zero-order valence-corrected chi connectivity index (χ0v) is 16.3. The molecule has 0 radical (unpaired) electrons. The van der Waals surface area contributed by atoms with E-state index in [2.05, 4.69) is 9.71 Å². The van der Waals surface area contributed by atoms with Crippen molar-refractivity contribution in [3.8, 4) is 17.2 Å². The summed E-state index contributed by atoms with van der Waals surface area (Å²) < 4.78 is 38.8. The van der Waals surface area contributed by atoms with E-state index in [-0.39, 0.29) is 11.4 Å². The highest BCUT2D eigenvalue weighted by molar-refractivity contribution is 7.89. The highest BCUT2D eigenvalue weighted by atomic mass is 32.2. The minimum atomic E-state index is -3.69. The predicted octanol–water partition coefficient (Wildman–Crippen LogP) is 3.49. The van der Waals surface area contributed by atoms with Crippen molar-refractivity contribution in [3.63, 3.8) is 0 Å². The van der Waals surface area contributed by atoms with Gasteiger partial charge in [-0.2, -0.15) is 0 Å². The summed E-state index contributed by atoms with van der Waals surface area (Å²) >= 11 is 0. The largest absolute Gasteiger partial charge is 0.495 e. The van der Waals surface area contributed by atoms with Crippen molar-refractivity contribution >= 4 is 10.0 Å². The Balaban J connectivity index is 1.71. The van der Waals surface area contributed by atoms with Crippen molar-refractivity contribution in [2.75, 3.05) is 13.7 Å². The molecule has 0 aliphatic carbocycles. The molecule has 27 heavy (non-hydrogen) atoms. The van der Waals surface area contributed by atoms with Crippen LogP contribution < -0.4 is 9.46 Å². The molecule has 0 aliphatic heterocycles. The fourth-order valence-electron chi connectivity index (χ4n) is 2.74. The van der Waals surface area contributed by atoms with Crippen LogP contribution >= 0.6 is 0 Å². The van der Waals surface area contributed by atoms with Gasteiger partial charge in [-0.05, 0) is 43.7 Å². The van der Waals surface area contributed by atoms with Gasteiger partial charge in [-0.15, -0.1) is 0 Å². The number of nitrogens with zero attached hydrogens (tertiary/aromatic N) is 1. The van der Waals surface area contributed by atoms with Gasteiger partial charge in [-0.25, -0.2) is 18.1 Å². The number of sulfonamides is 1. The van der Waals surface area contributed by atoms with Gasteiger partial charge in [0.05, 0.1) is 12.8 Å². The van der Waals surface area contributed by atoms with Gasteiger partial charge >= 0.3 is 0 Å². The maximum atomic E-state index is 12.6. The minimum Gasteiger partial charge on any atom is -0.495 e. The van der Waals surface area contributed by atoms with Gasteiger partial charge in [0.2, 0.25) is 15.9 Å². The quantitative estimate of drug-likeness (QED) is 0.672. The number of hydrogen-bond donors (Lipinski definition) is 1. The van der Waals surface area contributed by atoms with Crippen LogP contribution in [-0.2, 0) is 16.4 Å². The van der Waals surface area contributed by atoms with Crippen molar-refractivity contribution in [2.45, 2.75) is 25.2 Å². The number of hydrogen-bond acceptors (Lipinski definition) is 5. The molecule has 1 aromatic heterocycles. The highest BCUT2D eigenvalue weighted by Gasteiger charge is 2.20. The topological polar surface area (TPSA) is 81.4 Å². The maximum absolute atomic E-state index is 12.6. The summed E-state index contributed by atoms with van der Waals surface area (Å²) in [4.78, 5) is 4.63. The first-order valence-electron chi connectivity index (χ1n) is 8.57. The minimum absolute atomic E-state index is 0.131. The van der Waals surface area contributed by atoms with Crippen molar-refractivity contribution in [1.29, 1.82) is 0 Å². The number of aromatic nitrogens is 1. The van der Waals surface area contributed by atoms with Crippen LogP contribution in [0, 0.1) is 13.8 Å². The third-order valence-electron chi connectivity index (χ3n) is 4.18. The molecule has 0 atom stereocenters. The van der Waals surface area contributed by atoms with E-state index in [1.165, 1.54) is 7.11 Å². The summed E-state index contributed by atoms with van der Waals surface area (Å²) in [6.45, 7) is 3.87. The van der Waals surface area contributed by atoms with Crippen LogP contribution in [-0.4, -0.2) is 27.1 Å². The van der Waals surface area contributed by atoms with Gasteiger partial charge in [-0.1, -0.05) is 24.3 Å². The summed E-state index contributed by atoms with van der Waals surface area (Å²) in [5, 5.41) is 0. The monoisotopic (exact) mass is 386 g/mol. The molecule has 0 spiro atoms. The van der Waals surface area contributed by atoms with Crippen LogP contribution in [0.5, 0.6) is 5.75 Å². The molecule has 3 aromatic rings. The lowest BCUT2D eigenvalue weighted by molar-refractivity contribution is 0.402. The second kappa shape index (κ2) is 7.94. The summed E-state index contributed by atoms with van der Waals surface area (Å²) in [5.41, 5.74) is 2.46. The molecule has 1 heterocycles. The van der Waals surface area contributed by atoms with E-state index in [9.17, 15) is 8.42 Å². The summed E-state index contributed by atoms with van der Waals surface area (Å²) in [7, 11) is -2.24. The van der Waals surface area contributed by atoms with Gasteiger partial charge in [-0.3, -0.25) is 0 Å². The maximum Gasteiger partial charge on any atom is 0.244 e. The average molecular weight is 386 g/mol. The Kier molecular flexibility index (Phi) is 5.62. The number of nitrogens with one attached hydrogen (secondary N) is 1. The second-order valence-corrected chi connectivity index (χ2v) is 7.93. The Morgan fingerprint density at radius 1 is 1.11 bits per heavy atom. The molecule has 3 rings (SSSR count). The van der Waals surface area contributed by atoms with Crippen LogP contribution in [0.4, 0.5) is 0 Å². The molecule has 0 saturated heterocycles. The molecule has 0 unspecified atom stereocenters. The van der Waals surface area contributed by atoms with Crippen molar-refractivity contribution in [1.82, 2.24) is 9.71 Å². The fourth-order valence-corrected chi connectivity index (χ4v) is 4.02. The van der Waals surface area contributed by atoms with Crippen molar-refractivity contribution < 1.29 is 17.6 Å². The highest BCUT2D eigenvalue weighted by Crippen LogP contribution is 2.25. The SMILES string of the molecule is COc1ccc(C)cc1S(=O)(=O)NCCc1nc(-c2ccccc2)oc1C. The zero-order valence-electron chi connectivity index (χ0n) is 15.5. The number of ether oxygens (including phenoxy) is 1. The van der Waals surface area contributed by atoms with Crippen LogP contribution in [0.15, 0.2) is 57.8 Å². The lowest BCUT2D eigenvalue weighted by atomic mass is 10.2. The molecule has 0 aliphatic rings.